The molecular formula is C13H16S. The van der Waals surface area contributed by atoms with Gasteiger partial charge in [0.25, 0.3) is 0 Å². The molecule has 1 aromatic carbocycles. The number of hydrogen-bond donors (Lipinski definition) is 0. The maximum absolute atomic E-state index is 2.25. The van der Waals surface area contributed by atoms with Gasteiger partial charge in [0.15, 0.2) is 0 Å². The zero-order chi connectivity index (χ0) is 9.38. The SMILES string of the molecule is c1ccc(SC2C3CCC2CC3)cc1. The van der Waals surface area contributed by atoms with E-state index in [1.165, 1.54) is 30.6 Å². The van der Waals surface area contributed by atoms with E-state index in [4.69, 9.17) is 0 Å². The third kappa shape index (κ3) is 1.48. The van der Waals surface area contributed by atoms with Gasteiger partial charge in [-0.05, 0) is 49.7 Å². The first-order chi connectivity index (χ1) is 6.93. The van der Waals surface area contributed by atoms with E-state index >= 15 is 0 Å². The van der Waals surface area contributed by atoms with E-state index in [0.29, 0.717) is 0 Å². The van der Waals surface area contributed by atoms with Gasteiger partial charge in [-0.3, -0.25) is 0 Å². The van der Waals surface area contributed by atoms with Crippen molar-refractivity contribution in [3.63, 3.8) is 0 Å². The number of thioether (sulfide) groups is 1. The summed E-state index contributed by atoms with van der Waals surface area (Å²) in [6, 6.07) is 10.9. The van der Waals surface area contributed by atoms with Crippen LogP contribution in [0.2, 0.25) is 0 Å². The highest BCUT2D eigenvalue weighted by molar-refractivity contribution is 8.00. The lowest BCUT2D eigenvalue weighted by atomic mass is 10.0. The zero-order valence-corrected chi connectivity index (χ0v) is 9.17. The predicted octanol–water partition coefficient (Wildman–Crippen LogP) is 3.97. The molecule has 74 valence electrons. The lowest BCUT2D eigenvalue weighted by Crippen LogP contribution is -2.07. The van der Waals surface area contributed by atoms with Gasteiger partial charge in [-0.2, -0.15) is 0 Å². The largest absolute Gasteiger partial charge is 0.122 e. The molecule has 0 radical (unpaired) electrons. The van der Waals surface area contributed by atoms with E-state index in [-0.39, 0.29) is 0 Å². The smallest absolute Gasteiger partial charge is 0.0151 e. The third-order valence-corrected chi connectivity index (χ3v) is 5.35. The van der Waals surface area contributed by atoms with Crippen molar-refractivity contribution >= 4 is 11.8 Å². The lowest BCUT2D eigenvalue weighted by Gasteiger charge is -2.14. The van der Waals surface area contributed by atoms with Crippen molar-refractivity contribution in [1.29, 1.82) is 0 Å². The average Bonchev–Trinajstić information content (AvgIpc) is 2.80. The van der Waals surface area contributed by atoms with E-state index in [0.717, 1.165) is 17.1 Å². The number of hydrogen-bond acceptors (Lipinski definition) is 1. The van der Waals surface area contributed by atoms with E-state index < -0.39 is 0 Å². The van der Waals surface area contributed by atoms with Crippen LogP contribution < -0.4 is 0 Å². The van der Waals surface area contributed by atoms with Crippen molar-refractivity contribution in [3.8, 4) is 0 Å². The Bertz CT molecular complexity index is 286. The Morgan fingerprint density at radius 2 is 1.43 bits per heavy atom. The Morgan fingerprint density at radius 3 is 2.00 bits per heavy atom. The number of fused-ring (bicyclic) bond motifs is 2. The van der Waals surface area contributed by atoms with E-state index in [9.17, 15) is 0 Å². The second-order valence-electron chi connectivity index (χ2n) is 4.57. The van der Waals surface area contributed by atoms with Gasteiger partial charge in [0.1, 0.15) is 0 Å². The first-order valence-corrected chi connectivity index (χ1v) is 6.53. The summed E-state index contributed by atoms with van der Waals surface area (Å²) in [4.78, 5) is 1.47. The summed E-state index contributed by atoms with van der Waals surface area (Å²) in [5.41, 5.74) is 0. The van der Waals surface area contributed by atoms with Crippen LogP contribution >= 0.6 is 11.8 Å². The van der Waals surface area contributed by atoms with Gasteiger partial charge < -0.3 is 0 Å². The molecule has 1 heteroatoms. The van der Waals surface area contributed by atoms with Gasteiger partial charge in [-0.1, -0.05) is 18.2 Å². The first kappa shape index (κ1) is 8.84. The second-order valence-corrected chi connectivity index (χ2v) is 5.82. The van der Waals surface area contributed by atoms with Crippen LogP contribution in [0.15, 0.2) is 35.2 Å². The molecule has 3 rings (SSSR count). The fourth-order valence-corrected chi connectivity index (χ4v) is 4.59. The highest BCUT2D eigenvalue weighted by Gasteiger charge is 2.41. The quantitative estimate of drug-likeness (QED) is 0.702. The molecule has 0 spiro atoms. The molecule has 0 unspecified atom stereocenters. The van der Waals surface area contributed by atoms with E-state index in [1.54, 1.807) is 0 Å². The molecule has 2 fully saturated rings. The minimum Gasteiger partial charge on any atom is -0.122 e. The standard InChI is InChI=1S/C13H16S/c1-2-4-12(5-3-1)14-13-10-6-7-11(13)9-8-10/h1-5,10-11,13H,6-9H2. The van der Waals surface area contributed by atoms with Crippen LogP contribution in [0.3, 0.4) is 0 Å². The molecule has 0 aliphatic heterocycles. The number of benzene rings is 1. The van der Waals surface area contributed by atoms with Crippen LogP contribution in [0.4, 0.5) is 0 Å². The van der Waals surface area contributed by atoms with Crippen molar-refractivity contribution in [2.45, 2.75) is 35.8 Å². The molecule has 0 aromatic heterocycles. The summed E-state index contributed by atoms with van der Waals surface area (Å²) in [7, 11) is 0. The van der Waals surface area contributed by atoms with Crippen molar-refractivity contribution in [3.05, 3.63) is 30.3 Å². The Labute approximate surface area is 90.1 Å². The number of rotatable bonds is 2. The van der Waals surface area contributed by atoms with E-state index in [2.05, 4.69) is 42.1 Å². The Kier molecular flexibility index (Phi) is 2.28. The maximum Gasteiger partial charge on any atom is 0.0151 e. The first-order valence-electron chi connectivity index (χ1n) is 5.65. The normalized spacial score (nSPS) is 35.0. The van der Waals surface area contributed by atoms with Gasteiger partial charge in [0.2, 0.25) is 0 Å². The van der Waals surface area contributed by atoms with Crippen molar-refractivity contribution in [1.82, 2.24) is 0 Å². The van der Waals surface area contributed by atoms with Crippen molar-refractivity contribution < 1.29 is 0 Å². The highest BCUT2D eigenvalue weighted by Crippen LogP contribution is 2.52. The molecule has 1 aromatic rings. The highest BCUT2D eigenvalue weighted by atomic mass is 32.2. The maximum atomic E-state index is 2.25. The molecule has 2 bridgehead atoms. The molecule has 14 heavy (non-hydrogen) atoms. The summed E-state index contributed by atoms with van der Waals surface area (Å²) in [5, 5.41) is 0.942. The summed E-state index contributed by atoms with van der Waals surface area (Å²) >= 11 is 2.13. The molecule has 0 N–H and O–H groups in total. The summed E-state index contributed by atoms with van der Waals surface area (Å²) in [6.07, 6.45) is 5.98. The molecule has 2 aliphatic rings. The monoisotopic (exact) mass is 204 g/mol. The van der Waals surface area contributed by atoms with Gasteiger partial charge in [-0.25, -0.2) is 0 Å². The molecule has 2 aliphatic carbocycles. The van der Waals surface area contributed by atoms with Crippen LogP contribution in [-0.2, 0) is 0 Å². The molecule has 0 atom stereocenters. The summed E-state index contributed by atoms with van der Waals surface area (Å²) in [6.45, 7) is 0. The van der Waals surface area contributed by atoms with Gasteiger partial charge in [-0.15, -0.1) is 11.8 Å². The van der Waals surface area contributed by atoms with E-state index in [1.807, 2.05) is 0 Å². The zero-order valence-electron chi connectivity index (χ0n) is 8.36. The van der Waals surface area contributed by atoms with Crippen LogP contribution in [0.1, 0.15) is 25.7 Å². The fraction of sp³-hybridized carbons (Fsp3) is 0.538. The summed E-state index contributed by atoms with van der Waals surface area (Å²) < 4.78 is 0. The predicted molar refractivity (Wildman–Crippen MR) is 61.5 cm³/mol. The van der Waals surface area contributed by atoms with Crippen LogP contribution in [0, 0.1) is 11.8 Å². The third-order valence-electron chi connectivity index (χ3n) is 3.76. The van der Waals surface area contributed by atoms with Crippen molar-refractivity contribution in [2.24, 2.45) is 11.8 Å². The fourth-order valence-electron chi connectivity index (χ4n) is 3.04. The molecule has 0 heterocycles. The van der Waals surface area contributed by atoms with Crippen molar-refractivity contribution in [2.75, 3.05) is 0 Å². The lowest BCUT2D eigenvalue weighted by molar-refractivity contribution is 0.480. The summed E-state index contributed by atoms with van der Waals surface area (Å²) in [5.74, 6) is 2.07. The van der Waals surface area contributed by atoms with Gasteiger partial charge in [0, 0.05) is 10.1 Å². The van der Waals surface area contributed by atoms with Gasteiger partial charge in [0.05, 0.1) is 0 Å². The minimum atomic E-state index is 0.942. The molecule has 0 saturated heterocycles. The van der Waals surface area contributed by atoms with Crippen LogP contribution in [0.5, 0.6) is 0 Å². The molecule has 2 saturated carbocycles. The van der Waals surface area contributed by atoms with Gasteiger partial charge >= 0.3 is 0 Å². The van der Waals surface area contributed by atoms with Crippen LogP contribution in [0.25, 0.3) is 0 Å². The Morgan fingerprint density at radius 1 is 0.857 bits per heavy atom. The Balaban J connectivity index is 1.74. The molecule has 0 nitrogen and oxygen atoms in total. The molecular weight excluding hydrogens is 188 g/mol. The average molecular weight is 204 g/mol. The van der Waals surface area contributed by atoms with Crippen LogP contribution in [-0.4, -0.2) is 5.25 Å². The molecule has 0 amide bonds. The second kappa shape index (κ2) is 3.62. The Hall–Kier alpha value is -0.430. The minimum absolute atomic E-state index is 0.942. The topological polar surface area (TPSA) is 0 Å².